The van der Waals surface area contributed by atoms with Crippen LogP contribution in [0, 0.1) is 11.3 Å². The molecule has 184 valence electrons. The van der Waals surface area contributed by atoms with Crippen LogP contribution in [0.15, 0.2) is 48.5 Å². The highest BCUT2D eigenvalue weighted by atomic mass is 19.4. The smallest absolute Gasteiger partial charge is 0.330 e. The molecule has 10 heteroatoms. The first kappa shape index (κ1) is 24.4. The van der Waals surface area contributed by atoms with Crippen LogP contribution in [0.2, 0.25) is 0 Å². The number of halogens is 6. The third-order valence-electron chi connectivity index (χ3n) is 7.27. The summed E-state index contributed by atoms with van der Waals surface area (Å²) in [5.41, 5.74) is 3.66. The van der Waals surface area contributed by atoms with Crippen molar-refractivity contribution < 1.29 is 31.1 Å². The highest BCUT2D eigenvalue weighted by molar-refractivity contribution is 5.76. The first-order valence-electron chi connectivity index (χ1n) is 10.9. The van der Waals surface area contributed by atoms with Crippen molar-refractivity contribution in [3.05, 3.63) is 70.8 Å². The number of benzene rings is 2. The maximum absolute atomic E-state index is 13.5. The molecule has 0 bridgehead atoms. The third-order valence-corrected chi connectivity index (χ3v) is 7.27. The lowest BCUT2D eigenvalue weighted by Gasteiger charge is -2.37. The summed E-state index contributed by atoms with van der Waals surface area (Å²) in [7, 11) is 1.39. The molecule has 4 nitrogen and oxygen atoms in total. The number of carbonyl (C=O) groups is 1. The molecule has 1 aliphatic carbocycles. The fourth-order valence-corrected chi connectivity index (χ4v) is 5.14. The summed E-state index contributed by atoms with van der Waals surface area (Å²) in [6, 6.07) is 8.97. The van der Waals surface area contributed by atoms with E-state index in [-0.39, 0.29) is 29.0 Å². The molecular weight excluding hydrogens is 460 g/mol. The molecule has 2 aromatic rings. The van der Waals surface area contributed by atoms with Gasteiger partial charge in [0.05, 0.1) is 23.2 Å². The highest BCUT2D eigenvalue weighted by Gasteiger charge is 2.66. The zero-order chi connectivity index (χ0) is 25.1. The van der Waals surface area contributed by atoms with Crippen LogP contribution in [0.4, 0.5) is 31.1 Å². The SMILES string of the molecule is C[C@H](c1cc(C(F)(F)F)cc(C(F)(F)F)c1)N(C)C(=O)N1CC2C[C@@]2(CN)[C@@H]1c1ccccc1. The van der Waals surface area contributed by atoms with Gasteiger partial charge in [-0.3, -0.25) is 0 Å². The standard InChI is InChI=1S/C24H25F6N3O/c1-14(16-8-17(23(25,26)27)10-18(9-16)24(28,29)30)32(2)21(34)33-12-19-11-22(19,13-31)20(33)15-6-4-3-5-7-15/h3-10,14,19-20H,11-13,31H2,1-2H3/t14-,19?,20+,22+/m1/s1. The quantitative estimate of drug-likeness (QED) is 0.552. The number of amides is 2. The fraction of sp³-hybridized carbons (Fsp3) is 0.458. The molecule has 2 N–H and O–H groups in total. The largest absolute Gasteiger partial charge is 0.416 e. The van der Waals surface area contributed by atoms with Gasteiger partial charge in [0, 0.05) is 25.6 Å². The van der Waals surface area contributed by atoms with E-state index in [9.17, 15) is 31.1 Å². The second-order valence-electron chi connectivity index (χ2n) is 9.21. The lowest BCUT2D eigenvalue weighted by molar-refractivity contribution is -0.143. The van der Waals surface area contributed by atoms with E-state index in [1.54, 1.807) is 4.90 Å². The fourth-order valence-electron chi connectivity index (χ4n) is 5.14. The number of urea groups is 1. The van der Waals surface area contributed by atoms with Crippen LogP contribution in [0.1, 0.15) is 47.7 Å². The van der Waals surface area contributed by atoms with Crippen LogP contribution < -0.4 is 5.73 Å². The minimum atomic E-state index is -4.96. The summed E-state index contributed by atoms with van der Waals surface area (Å²) >= 11 is 0. The Morgan fingerprint density at radius 1 is 1.09 bits per heavy atom. The molecular formula is C24H25F6N3O. The Bertz CT molecular complexity index is 1030. The minimum Gasteiger partial charge on any atom is -0.330 e. The van der Waals surface area contributed by atoms with E-state index in [1.165, 1.54) is 18.9 Å². The van der Waals surface area contributed by atoms with Gasteiger partial charge >= 0.3 is 18.4 Å². The second-order valence-corrected chi connectivity index (χ2v) is 9.21. The summed E-state index contributed by atoms with van der Waals surface area (Å²) in [6.45, 7) is 2.23. The number of hydrogen-bond acceptors (Lipinski definition) is 2. The molecule has 2 aliphatic rings. The molecule has 1 saturated heterocycles. The van der Waals surface area contributed by atoms with Gasteiger partial charge in [0.25, 0.3) is 0 Å². The van der Waals surface area contributed by atoms with Gasteiger partial charge < -0.3 is 15.5 Å². The molecule has 4 atom stereocenters. The van der Waals surface area contributed by atoms with Crippen LogP contribution in [-0.2, 0) is 12.4 Å². The van der Waals surface area contributed by atoms with E-state index in [0.29, 0.717) is 25.2 Å². The first-order valence-corrected chi connectivity index (χ1v) is 10.9. The molecule has 1 aliphatic heterocycles. The number of alkyl halides is 6. The van der Waals surface area contributed by atoms with Crippen LogP contribution in [-0.4, -0.2) is 36.0 Å². The zero-order valence-corrected chi connectivity index (χ0v) is 18.6. The summed E-state index contributed by atoms with van der Waals surface area (Å²) in [4.78, 5) is 16.3. The predicted molar refractivity (Wildman–Crippen MR) is 114 cm³/mol. The number of rotatable bonds is 4. The number of nitrogens with zero attached hydrogens (tertiary/aromatic N) is 2. The maximum atomic E-state index is 13.5. The Balaban J connectivity index is 1.66. The van der Waals surface area contributed by atoms with Gasteiger partial charge in [0.1, 0.15) is 0 Å². The van der Waals surface area contributed by atoms with Crippen molar-refractivity contribution in [3.8, 4) is 0 Å². The number of hydrogen-bond donors (Lipinski definition) is 1. The van der Waals surface area contributed by atoms with Gasteiger partial charge in [-0.25, -0.2) is 4.79 Å². The number of nitrogens with two attached hydrogens (primary N) is 1. The molecule has 2 amide bonds. The van der Waals surface area contributed by atoms with Crippen LogP contribution in [0.5, 0.6) is 0 Å². The molecule has 1 unspecified atom stereocenters. The summed E-state index contributed by atoms with van der Waals surface area (Å²) in [5, 5.41) is 0. The Kier molecular flexibility index (Phi) is 5.86. The molecule has 2 aromatic carbocycles. The lowest BCUT2D eigenvalue weighted by Crippen LogP contribution is -2.45. The van der Waals surface area contributed by atoms with Crippen molar-refractivity contribution in [2.24, 2.45) is 17.1 Å². The summed E-state index contributed by atoms with van der Waals surface area (Å²) in [6.07, 6.45) is -9.05. The number of fused-ring (bicyclic) bond motifs is 1. The number of likely N-dealkylation sites (tertiary alicyclic amines) is 1. The Labute approximate surface area is 193 Å². The third kappa shape index (κ3) is 4.12. The molecule has 34 heavy (non-hydrogen) atoms. The lowest BCUT2D eigenvalue weighted by atomic mass is 9.90. The van der Waals surface area contributed by atoms with Crippen molar-refractivity contribution in [1.29, 1.82) is 0 Å². The van der Waals surface area contributed by atoms with E-state index in [0.717, 1.165) is 12.0 Å². The highest BCUT2D eigenvalue weighted by Crippen LogP contribution is 2.66. The van der Waals surface area contributed by atoms with Gasteiger partial charge in [0.15, 0.2) is 0 Å². The van der Waals surface area contributed by atoms with Crippen molar-refractivity contribution in [1.82, 2.24) is 9.80 Å². The molecule has 0 radical (unpaired) electrons. The number of carbonyl (C=O) groups excluding carboxylic acids is 1. The van der Waals surface area contributed by atoms with E-state index < -0.39 is 35.6 Å². The Hall–Kier alpha value is -2.75. The number of piperidine rings is 1. The van der Waals surface area contributed by atoms with E-state index in [1.807, 2.05) is 30.3 Å². The van der Waals surface area contributed by atoms with Gasteiger partial charge in [-0.15, -0.1) is 0 Å². The van der Waals surface area contributed by atoms with Crippen LogP contribution in [0.25, 0.3) is 0 Å². The molecule has 0 aromatic heterocycles. The van der Waals surface area contributed by atoms with Crippen molar-refractivity contribution in [3.63, 3.8) is 0 Å². The van der Waals surface area contributed by atoms with E-state index in [4.69, 9.17) is 5.73 Å². The van der Waals surface area contributed by atoms with E-state index >= 15 is 0 Å². The average Bonchev–Trinajstić information content (AvgIpc) is 3.40. The van der Waals surface area contributed by atoms with Gasteiger partial charge in [0.2, 0.25) is 0 Å². The molecule has 0 spiro atoms. The van der Waals surface area contributed by atoms with Crippen molar-refractivity contribution >= 4 is 6.03 Å². The van der Waals surface area contributed by atoms with Gasteiger partial charge in [-0.05, 0) is 48.6 Å². The second kappa shape index (κ2) is 8.18. The monoisotopic (exact) mass is 485 g/mol. The molecule has 1 heterocycles. The van der Waals surface area contributed by atoms with Crippen LogP contribution >= 0.6 is 0 Å². The summed E-state index contributed by atoms with van der Waals surface area (Å²) in [5.74, 6) is 0.209. The topological polar surface area (TPSA) is 49.6 Å². The van der Waals surface area contributed by atoms with E-state index in [2.05, 4.69) is 0 Å². The molecule has 4 rings (SSSR count). The molecule has 2 fully saturated rings. The normalized spacial score (nSPS) is 25.1. The predicted octanol–water partition coefficient (Wildman–Crippen LogP) is 5.86. The maximum Gasteiger partial charge on any atom is 0.416 e. The van der Waals surface area contributed by atoms with Gasteiger partial charge in [-0.2, -0.15) is 26.3 Å². The van der Waals surface area contributed by atoms with Gasteiger partial charge in [-0.1, -0.05) is 30.3 Å². The summed E-state index contributed by atoms with van der Waals surface area (Å²) < 4.78 is 79.8. The zero-order valence-electron chi connectivity index (χ0n) is 18.6. The molecule has 1 saturated carbocycles. The Morgan fingerprint density at radius 3 is 2.15 bits per heavy atom. The van der Waals surface area contributed by atoms with Crippen molar-refractivity contribution in [2.75, 3.05) is 20.1 Å². The first-order chi connectivity index (χ1) is 15.8. The van der Waals surface area contributed by atoms with Crippen LogP contribution in [0.3, 0.4) is 0 Å². The Morgan fingerprint density at radius 2 is 1.65 bits per heavy atom. The minimum absolute atomic E-state index is 0.0858. The average molecular weight is 485 g/mol. The van der Waals surface area contributed by atoms with Crippen molar-refractivity contribution in [2.45, 2.75) is 37.8 Å².